The minimum Gasteiger partial charge on any atom is -0.327 e. The molecule has 1 fully saturated rings. The van der Waals surface area contributed by atoms with Crippen LogP contribution < -0.4 is 5.73 Å². The van der Waals surface area contributed by atoms with Crippen molar-refractivity contribution in [1.82, 2.24) is 0 Å². The molecule has 1 aromatic rings. The van der Waals surface area contributed by atoms with E-state index in [1.165, 1.54) is 16.9 Å². The fourth-order valence-electron chi connectivity index (χ4n) is 1.62. The number of hydrogen-bond acceptors (Lipinski definition) is 2. The van der Waals surface area contributed by atoms with Crippen LogP contribution in [0.3, 0.4) is 0 Å². The van der Waals surface area contributed by atoms with E-state index in [4.69, 9.17) is 5.73 Å². The van der Waals surface area contributed by atoms with Gasteiger partial charge in [0, 0.05) is 10.9 Å². The van der Waals surface area contributed by atoms with Gasteiger partial charge in [0.25, 0.3) is 0 Å². The summed E-state index contributed by atoms with van der Waals surface area (Å²) in [4.78, 5) is 1.36. The van der Waals surface area contributed by atoms with Crippen LogP contribution in [0.4, 0.5) is 0 Å². The molecule has 1 saturated carbocycles. The molecule has 0 amide bonds. The zero-order chi connectivity index (χ0) is 8.39. The molecular weight excluding hydrogens is 166 g/mol. The molecule has 2 heteroatoms. The Hall–Kier alpha value is -0.600. The van der Waals surface area contributed by atoms with Gasteiger partial charge in [0.1, 0.15) is 0 Å². The van der Waals surface area contributed by atoms with Crippen LogP contribution >= 0.6 is 11.3 Å². The third-order valence-electron chi connectivity index (χ3n) is 2.25. The van der Waals surface area contributed by atoms with Gasteiger partial charge in [0.2, 0.25) is 0 Å². The fraction of sp³-hybridized carbons (Fsp3) is 0.400. The molecule has 64 valence electrons. The second kappa shape index (κ2) is 3.42. The van der Waals surface area contributed by atoms with Crippen molar-refractivity contribution in [3.63, 3.8) is 0 Å². The molecule has 0 radical (unpaired) electrons. The summed E-state index contributed by atoms with van der Waals surface area (Å²) in [7, 11) is 0. The molecule has 0 aliphatic heterocycles. The van der Waals surface area contributed by atoms with Crippen molar-refractivity contribution in [1.29, 1.82) is 0 Å². The lowest BCUT2D eigenvalue weighted by Crippen LogP contribution is -2.13. The zero-order valence-corrected chi connectivity index (χ0v) is 7.81. The van der Waals surface area contributed by atoms with E-state index in [1.807, 2.05) is 0 Å². The molecule has 1 aromatic heterocycles. The molecule has 1 aliphatic carbocycles. The van der Waals surface area contributed by atoms with E-state index in [2.05, 4.69) is 23.6 Å². The number of hydrogen-bond donors (Lipinski definition) is 1. The maximum atomic E-state index is 5.82. The Balaban J connectivity index is 2.10. The molecule has 0 saturated heterocycles. The Labute approximate surface area is 76.9 Å². The van der Waals surface area contributed by atoms with Crippen molar-refractivity contribution in [2.24, 2.45) is 5.73 Å². The fourth-order valence-corrected chi connectivity index (χ4v) is 2.32. The molecule has 1 heterocycles. The molecule has 0 bridgehead atoms. The molecule has 1 atom stereocenters. The molecule has 1 unspecified atom stereocenters. The van der Waals surface area contributed by atoms with Crippen LogP contribution in [0.2, 0.25) is 0 Å². The van der Waals surface area contributed by atoms with E-state index in [-0.39, 0.29) is 0 Å². The van der Waals surface area contributed by atoms with Crippen LogP contribution in [0.1, 0.15) is 24.1 Å². The van der Waals surface area contributed by atoms with E-state index in [0.29, 0.717) is 6.04 Å². The Bertz CT molecular complexity index is 274. The van der Waals surface area contributed by atoms with Gasteiger partial charge in [0.05, 0.1) is 0 Å². The summed E-state index contributed by atoms with van der Waals surface area (Å²) >= 11 is 1.79. The van der Waals surface area contributed by atoms with Crippen molar-refractivity contribution in [3.05, 3.63) is 28.0 Å². The topological polar surface area (TPSA) is 26.0 Å². The zero-order valence-electron chi connectivity index (χ0n) is 6.99. The first-order chi connectivity index (χ1) is 5.84. The highest BCUT2D eigenvalue weighted by Gasteiger charge is 2.14. The third kappa shape index (κ3) is 1.76. The first kappa shape index (κ1) is 8.02. The summed E-state index contributed by atoms with van der Waals surface area (Å²) in [5.74, 6) is 0. The maximum Gasteiger partial charge on any atom is 0.0269 e. The Morgan fingerprint density at radius 2 is 2.50 bits per heavy atom. The smallest absolute Gasteiger partial charge is 0.0269 e. The van der Waals surface area contributed by atoms with E-state index in [9.17, 15) is 0 Å². The number of thiophene rings is 1. The highest BCUT2D eigenvalue weighted by Crippen LogP contribution is 2.26. The van der Waals surface area contributed by atoms with Gasteiger partial charge >= 0.3 is 0 Å². The van der Waals surface area contributed by atoms with E-state index in [1.54, 1.807) is 11.3 Å². The van der Waals surface area contributed by atoms with Crippen molar-refractivity contribution >= 4 is 17.4 Å². The Morgan fingerprint density at radius 3 is 3.08 bits per heavy atom. The average Bonchev–Trinajstić information content (AvgIpc) is 2.63. The predicted octanol–water partition coefficient (Wildman–Crippen LogP) is 2.64. The standard InChI is InChI=1S/C10H13NS/c11-9-4-3-8(6-9)7-10-2-1-5-12-10/h1-2,5,7,9H,3-4,6,11H2. The quantitative estimate of drug-likeness (QED) is 0.704. The summed E-state index contributed by atoms with van der Waals surface area (Å²) in [6, 6.07) is 4.66. The summed E-state index contributed by atoms with van der Waals surface area (Å²) < 4.78 is 0. The van der Waals surface area contributed by atoms with Crippen LogP contribution in [-0.2, 0) is 0 Å². The van der Waals surface area contributed by atoms with Crippen LogP contribution in [-0.4, -0.2) is 6.04 Å². The van der Waals surface area contributed by atoms with Gasteiger partial charge in [-0.3, -0.25) is 0 Å². The third-order valence-corrected chi connectivity index (χ3v) is 3.07. The SMILES string of the molecule is NC1CCC(=Cc2cccs2)C1. The molecule has 12 heavy (non-hydrogen) atoms. The summed E-state index contributed by atoms with van der Waals surface area (Å²) in [5.41, 5.74) is 7.34. The van der Waals surface area contributed by atoms with E-state index >= 15 is 0 Å². The predicted molar refractivity (Wildman–Crippen MR) is 54.1 cm³/mol. The minimum atomic E-state index is 0.413. The molecule has 2 N–H and O–H groups in total. The van der Waals surface area contributed by atoms with Crippen LogP contribution in [0, 0.1) is 0 Å². The minimum absolute atomic E-state index is 0.413. The maximum absolute atomic E-state index is 5.82. The molecule has 2 rings (SSSR count). The van der Waals surface area contributed by atoms with Crippen LogP contribution in [0.15, 0.2) is 23.1 Å². The van der Waals surface area contributed by atoms with Gasteiger partial charge in [-0.1, -0.05) is 11.6 Å². The van der Waals surface area contributed by atoms with E-state index < -0.39 is 0 Å². The van der Waals surface area contributed by atoms with Gasteiger partial charge in [-0.15, -0.1) is 11.3 Å². The lowest BCUT2D eigenvalue weighted by atomic mass is 10.2. The van der Waals surface area contributed by atoms with Gasteiger partial charge in [-0.2, -0.15) is 0 Å². The Kier molecular flexibility index (Phi) is 2.28. The van der Waals surface area contributed by atoms with Crippen molar-refractivity contribution in [2.45, 2.75) is 25.3 Å². The van der Waals surface area contributed by atoms with Crippen molar-refractivity contribution in [3.8, 4) is 0 Å². The van der Waals surface area contributed by atoms with Gasteiger partial charge in [-0.25, -0.2) is 0 Å². The lowest BCUT2D eigenvalue weighted by molar-refractivity contribution is 0.711. The molecule has 0 aromatic carbocycles. The second-order valence-electron chi connectivity index (χ2n) is 3.32. The summed E-state index contributed by atoms with van der Waals surface area (Å²) in [6.45, 7) is 0. The highest BCUT2D eigenvalue weighted by atomic mass is 32.1. The Morgan fingerprint density at radius 1 is 1.58 bits per heavy atom. The summed E-state index contributed by atoms with van der Waals surface area (Å²) in [5, 5.41) is 2.11. The van der Waals surface area contributed by atoms with Crippen LogP contribution in [0.25, 0.3) is 6.08 Å². The van der Waals surface area contributed by atoms with Crippen LogP contribution in [0.5, 0.6) is 0 Å². The molecule has 1 aliphatic rings. The molecule has 1 nitrogen and oxygen atoms in total. The molecular formula is C10H13NS. The second-order valence-corrected chi connectivity index (χ2v) is 4.30. The van der Waals surface area contributed by atoms with Gasteiger partial charge < -0.3 is 5.73 Å². The number of nitrogens with two attached hydrogens (primary N) is 1. The summed E-state index contributed by atoms with van der Waals surface area (Å²) in [6.07, 6.45) is 5.74. The normalized spacial score (nSPS) is 26.8. The largest absolute Gasteiger partial charge is 0.327 e. The first-order valence-electron chi connectivity index (χ1n) is 4.33. The first-order valence-corrected chi connectivity index (χ1v) is 5.21. The lowest BCUT2D eigenvalue weighted by Gasteiger charge is -1.95. The monoisotopic (exact) mass is 179 g/mol. The highest BCUT2D eigenvalue weighted by molar-refractivity contribution is 7.10. The van der Waals surface area contributed by atoms with Crippen molar-refractivity contribution < 1.29 is 0 Å². The van der Waals surface area contributed by atoms with E-state index in [0.717, 1.165) is 12.8 Å². The van der Waals surface area contributed by atoms with Gasteiger partial charge in [0.15, 0.2) is 0 Å². The average molecular weight is 179 g/mol. The van der Waals surface area contributed by atoms with Gasteiger partial charge in [-0.05, 0) is 36.8 Å². The molecule has 0 spiro atoms. The number of rotatable bonds is 1. The van der Waals surface area contributed by atoms with Crippen molar-refractivity contribution in [2.75, 3.05) is 0 Å².